The van der Waals surface area contributed by atoms with Crippen molar-refractivity contribution in [2.75, 3.05) is 26.4 Å². The minimum Gasteiger partial charge on any atom is -0.379 e. The summed E-state index contributed by atoms with van der Waals surface area (Å²) in [6.45, 7) is 8.42. The van der Waals surface area contributed by atoms with Gasteiger partial charge < -0.3 is 20.1 Å². The Hall–Kier alpha value is -2.97. The Balaban J connectivity index is 1.55. The topological polar surface area (TPSA) is 85.1 Å². The third-order valence-corrected chi connectivity index (χ3v) is 4.40. The molecule has 30 heavy (non-hydrogen) atoms. The molecule has 0 aliphatic carbocycles. The molecule has 0 saturated heterocycles. The number of aromatic nitrogens is 3. The van der Waals surface area contributed by atoms with Gasteiger partial charge in [-0.15, -0.1) is 10.2 Å². The van der Waals surface area contributed by atoms with E-state index < -0.39 is 0 Å². The van der Waals surface area contributed by atoms with E-state index >= 15 is 0 Å². The van der Waals surface area contributed by atoms with E-state index in [-0.39, 0.29) is 0 Å². The number of hydrogen-bond acceptors (Lipinski definition) is 5. The lowest BCUT2D eigenvalue weighted by atomic mass is 10.1. The average molecular weight is 411 g/mol. The van der Waals surface area contributed by atoms with Gasteiger partial charge in [0.25, 0.3) is 0 Å². The van der Waals surface area contributed by atoms with Crippen molar-refractivity contribution in [3.8, 4) is 0 Å². The van der Waals surface area contributed by atoms with Gasteiger partial charge in [-0.3, -0.25) is 4.40 Å². The van der Waals surface area contributed by atoms with Gasteiger partial charge in [0, 0.05) is 19.3 Å². The fraction of sp³-hybridized carbons (Fsp3) is 0.409. The summed E-state index contributed by atoms with van der Waals surface area (Å²) >= 11 is 0. The van der Waals surface area contributed by atoms with E-state index in [0.29, 0.717) is 39.5 Å². The second kappa shape index (κ2) is 11.9. The third-order valence-electron chi connectivity index (χ3n) is 4.40. The molecule has 3 aromatic rings. The maximum Gasteiger partial charge on any atom is 0.191 e. The van der Waals surface area contributed by atoms with Crippen LogP contribution in [0.1, 0.15) is 30.8 Å². The molecule has 0 fully saturated rings. The standard InChI is InChI=1S/C22H30N6O2/c1-3-23-22(25-16-21-27-26-20-10-5-6-11-28(20)21)24-15-18-8-7-9-19(14-18)17-30-13-12-29-4-2/h5-11,14H,3-4,12-13,15-17H2,1-2H3,(H2,23,24,25). The number of aliphatic imine (C=N–C) groups is 1. The molecule has 3 rings (SSSR count). The molecular weight excluding hydrogens is 380 g/mol. The second-order valence-electron chi connectivity index (χ2n) is 6.66. The molecule has 160 valence electrons. The predicted molar refractivity (Wildman–Crippen MR) is 117 cm³/mol. The van der Waals surface area contributed by atoms with Crippen LogP contribution >= 0.6 is 0 Å². The van der Waals surface area contributed by atoms with Crippen LogP contribution in [0.25, 0.3) is 5.65 Å². The number of nitrogens with zero attached hydrogens (tertiary/aromatic N) is 4. The molecule has 0 unspecified atom stereocenters. The number of rotatable bonds is 11. The lowest BCUT2D eigenvalue weighted by Crippen LogP contribution is -2.37. The molecule has 0 radical (unpaired) electrons. The third kappa shape index (κ3) is 6.53. The minimum absolute atomic E-state index is 0.532. The molecular formula is C22H30N6O2. The predicted octanol–water partition coefficient (Wildman–Crippen LogP) is 2.54. The summed E-state index contributed by atoms with van der Waals surface area (Å²) in [6.07, 6.45) is 1.96. The van der Waals surface area contributed by atoms with Crippen LogP contribution in [0.5, 0.6) is 0 Å². The van der Waals surface area contributed by atoms with Crippen LogP contribution < -0.4 is 10.6 Å². The van der Waals surface area contributed by atoms with E-state index in [4.69, 9.17) is 14.5 Å². The molecule has 0 bridgehead atoms. The highest BCUT2D eigenvalue weighted by atomic mass is 16.5. The average Bonchev–Trinajstić information content (AvgIpc) is 3.19. The fourth-order valence-electron chi connectivity index (χ4n) is 2.96. The van der Waals surface area contributed by atoms with E-state index in [1.807, 2.05) is 48.7 Å². The Morgan fingerprint density at radius 2 is 1.87 bits per heavy atom. The first kappa shape index (κ1) is 21.7. The Bertz CT molecular complexity index is 940. The number of pyridine rings is 1. The van der Waals surface area contributed by atoms with Gasteiger partial charge >= 0.3 is 0 Å². The van der Waals surface area contributed by atoms with Crippen molar-refractivity contribution in [1.29, 1.82) is 0 Å². The number of nitrogens with one attached hydrogen (secondary N) is 2. The van der Waals surface area contributed by atoms with Crippen molar-refractivity contribution in [3.63, 3.8) is 0 Å². The largest absolute Gasteiger partial charge is 0.379 e. The highest BCUT2D eigenvalue weighted by Crippen LogP contribution is 2.08. The van der Waals surface area contributed by atoms with Crippen molar-refractivity contribution >= 4 is 11.6 Å². The van der Waals surface area contributed by atoms with Gasteiger partial charge in [-0.2, -0.15) is 0 Å². The van der Waals surface area contributed by atoms with Gasteiger partial charge in [0.1, 0.15) is 0 Å². The monoisotopic (exact) mass is 410 g/mol. The van der Waals surface area contributed by atoms with E-state index in [9.17, 15) is 0 Å². The quantitative estimate of drug-likeness (QED) is 0.287. The normalized spacial score (nSPS) is 11.7. The van der Waals surface area contributed by atoms with Crippen molar-refractivity contribution in [2.24, 2.45) is 4.99 Å². The van der Waals surface area contributed by atoms with Gasteiger partial charge in [0.15, 0.2) is 17.4 Å². The van der Waals surface area contributed by atoms with Gasteiger partial charge in [0.2, 0.25) is 0 Å². The summed E-state index contributed by atoms with van der Waals surface area (Å²) in [5, 5.41) is 15.0. The maximum absolute atomic E-state index is 5.66. The fourth-order valence-corrected chi connectivity index (χ4v) is 2.96. The Morgan fingerprint density at radius 3 is 2.73 bits per heavy atom. The zero-order valence-electron chi connectivity index (χ0n) is 17.7. The van der Waals surface area contributed by atoms with Crippen molar-refractivity contribution in [1.82, 2.24) is 25.2 Å². The summed E-state index contributed by atoms with van der Waals surface area (Å²) in [6, 6.07) is 14.1. The van der Waals surface area contributed by atoms with E-state index in [1.54, 1.807) is 0 Å². The number of hydrogen-bond donors (Lipinski definition) is 2. The highest BCUT2D eigenvalue weighted by Gasteiger charge is 2.06. The molecule has 0 aliphatic heterocycles. The van der Waals surface area contributed by atoms with Crippen LogP contribution in [0.4, 0.5) is 0 Å². The second-order valence-corrected chi connectivity index (χ2v) is 6.66. The van der Waals surface area contributed by atoms with Gasteiger partial charge in [0.05, 0.1) is 32.9 Å². The smallest absolute Gasteiger partial charge is 0.191 e. The van der Waals surface area contributed by atoms with Crippen molar-refractivity contribution in [3.05, 3.63) is 65.6 Å². The molecule has 0 amide bonds. The number of benzene rings is 1. The lowest BCUT2D eigenvalue weighted by molar-refractivity contribution is 0.0453. The minimum atomic E-state index is 0.532. The molecule has 2 heterocycles. The molecule has 2 N–H and O–H groups in total. The van der Waals surface area contributed by atoms with Crippen LogP contribution in [0, 0.1) is 0 Å². The van der Waals surface area contributed by atoms with Crippen LogP contribution in [-0.4, -0.2) is 46.9 Å². The van der Waals surface area contributed by atoms with Crippen LogP contribution in [-0.2, 0) is 29.2 Å². The van der Waals surface area contributed by atoms with E-state index in [2.05, 4.69) is 39.0 Å². The van der Waals surface area contributed by atoms with Crippen molar-refractivity contribution < 1.29 is 9.47 Å². The van der Waals surface area contributed by atoms with Gasteiger partial charge in [-0.1, -0.05) is 30.3 Å². The number of fused-ring (bicyclic) bond motifs is 1. The van der Waals surface area contributed by atoms with E-state index in [1.165, 1.54) is 0 Å². The summed E-state index contributed by atoms with van der Waals surface area (Å²) in [5.41, 5.74) is 3.09. The molecule has 2 aromatic heterocycles. The summed E-state index contributed by atoms with van der Waals surface area (Å²) < 4.78 is 12.9. The molecule has 8 nitrogen and oxygen atoms in total. The Morgan fingerprint density at radius 1 is 1.00 bits per heavy atom. The molecule has 0 spiro atoms. The first-order valence-electron chi connectivity index (χ1n) is 10.3. The summed E-state index contributed by atoms with van der Waals surface area (Å²) in [7, 11) is 0. The molecule has 0 saturated carbocycles. The van der Waals surface area contributed by atoms with E-state index in [0.717, 1.165) is 35.1 Å². The van der Waals surface area contributed by atoms with Crippen LogP contribution in [0.15, 0.2) is 53.7 Å². The first-order valence-corrected chi connectivity index (χ1v) is 10.3. The lowest BCUT2D eigenvalue weighted by Gasteiger charge is -2.11. The van der Waals surface area contributed by atoms with Gasteiger partial charge in [-0.05, 0) is 37.1 Å². The summed E-state index contributed by atoms with van der Waals surface area (Å²) in [4.78, 5) is 4.70. The summed E-state index contributed by atoms with van der Waals surface area (Å²) in [5.74, 6) is 1.57. The zero-order chi connectivity index (χ0) is 21.0. The highest BCUT2D eigenvalue weighted by molar-refractivity contribution is 5.79. The molecule has 0 atom stereocenters. The van der Waals surface area contributed by atoms with Crippen LogP contribution in [0.3, 0.4) is 0 Å². The van der Waals surface area contributed by atoms with Gasteiger partial charge in [-0.25, -0.2) is 4.99 Å². The molecule has 1 aromatic carbocycles. The molecule has 0 aliphatic rings. The van der Waals surface area contributed by atoms with Crippen LogP contribution in [0.2, 0.25) is 0 Å². The SMILES string of the molecule is CCNC(=NCc1cccc(COCCOCC)c1)NCc1nnc2ccccn12. The zero-order valence-corrected chi connectivity index (χ0v) is 17.7. The number of guanidine groups is 1. The van der Waals surface area contributed by atoms with Crippen molar-refractivity contribution in [2.45, 2.75) is 33.5 Å². The Labute approximate surface area is 177 Å². The number of ether oxygens (including phenoxy) is 2. The Kier molecular flexibility index (Phi) is 8.62. The molecule has 8 heteroatoms. The first-order chi connectivity index (χ1) is 14.8. The maximum atomic E-state index is 5.66.